The Morgan fingerprint density at radius 2 is 2.04 bits per heavy atom. The number of ether oxygens (including phenoxy) is 1. The normalized spacial score (nSPS) is 15.5. The van der Waals surface area contributed by atoms with Crippen LogP contribution in [0.1, 0.15) is 28.4 Å². The molecule has 1 atom stereocenters. The maximum atomic E-state index is 5.42. The number of aromatic nitrogens is 2. The third-order valence-electron chi connectivity index (χ3n) is 5.10. The maximum Gasteiger partial charge on any atom is 0.128 e. The highest BCUT2D eigenvalue weighted by molar-refractivity contribution is 7.07. The largest absolute Gasteiger partial charge is 0.378 e. The molecule has 0 bridgehead atoms. The molecule has 0 radical (unpaired) electrons. The molecule has 0 amide bonds. The molecule has 4 rings (SSSR count). The first kappa shape index (κ1) is 19.1. The van der Waals surface area contributed by atoms with Gasteiger partial charge in [-0.25, -0.2) is 4.98 Å². The average molecular weight is 395 g/mol. The lowest BCUT2D eigenvalue weighted by Crippen LogP contribution is -2.36. The fourth-order valence-electron chi connectivity index (χ4n) is 3.51. The fraction of sp³-hybridized carbons (Fsp3) is 0.364. The van der Waals surface area contributed by atoms with E-state index in [4.69, 9.17) is 4.74 Å². The lowest BCUT2D eigenvalue weighted by Gasteiger charge is -2.27. The van der Waals surface area contributed by atoms with Crippen molar-refractivity contribution in [1.82, 2.24) is 15.3 Å². The van der Waals surface area contributed by atoms with Crippen molar-refractivity contribution >= 4 is 17.2 Å². The van der Waals surface area contributed by atoms with Crippen LogP contribution >= 0.6 is 11.3 Å². The van der Waals surface area contributed by atoms with Crippen LogP contribution in [0.15, 0.2) is 53.5 Å². The summed E-state index contributed by atoms with van der Waals surface area (Å²) in [4.78, 5) is 11.6. The molecule has 6 heteroatoms. The summed E-state index contributed by atoms with van der Waals surface area (Å²) in [5.41, 5.74) is 4.86. The molecule has 146 valence electrons. The number of nitrogens with one attached hydrogen (secondary N) is 1. The second kappa shape index (κ2) is 9.28. The van der Waals surface area contributed by atoms with E-state index in [9.17, 15) is 0 Å². The molecule has 0 aliphatic carbocycles. The van der Waals surface area contributed by atoms with E-state index in [0.717, 1.165) is 50.8 Å². The minimum absolute atomic E-state index is 0.176. The standard InChI is InChI=1S/C22H26N4OS/c1-17-3-2-7-23-22(17)20(13-18-6-12-28-16-18)24-14-19-4-5-21(25-15-19)26-8-10-27-11-9-26/h2-7,12,15-16,20,24H,8-11,13-14H2,1H3/t20-/m1/s1. The van der Waals surface area contributed by atoms with Gasteiger partial charge in [0.15, 0.2) is 0 Å². The smallest absolute Gasteiger partial charge is 0.128 e. The Morgan fingerprint density at radius 3 is 2.75 bits per heavy atom. The van der Waals surface area contributed by atoms with Crippen molar-refractivity contribution in [2.24, 2.45) is 0 Å². The zero-order valence-corrected chi connectivity index (χ0v) is 17.0. The second-order valence-electron chi connectivity index (χ2n) is 7.10. The number of aryl methyl sites for hydroxylation is 1. The first-order chi connectivity index (χ1) is 13.8. The van der Waals surface area contributed by atoms with Crippen LogP contribution in [0.5, 0.6) is 0 Å². The number of nitrogens with zero attached hydrogens (tertiary/aromatic N) is 3. The first-order valence-electron chi connectivity index (χ1n) is 9.73. The summed E-state index contributed by atoms with van der Waals surface area (Å²) in [5, 5.41) is 8.04. The number of rotatable bonds is 7. The van der Waals surface area contributed by atoms with Crippen LogP contribution < -0.4 is 10.2 Å². The summed E-state index contributed by atoms with van der Waals surface area (Å²) in [6.45, 7) is 6.26. The number of thiophene rings is 1. The van der Waals surface area contributed by atoms with E-state index in [1.54, 1.807) is 11.3 Å². The third kappa shape index (κ3) is 4.76. The van der Waals surface area contributed by atoms with E-state index in [-0.39, 0.29) is 6.04 Å². The molecule has 3 aromatic rings. The molecular formula is C22H26N4OS. The highest BCUT2D eigenvalue weighted by Gasteiger charge is 2.16. The Kier molecular flexibility index (Phi) is 6.31. The molecule has 1 aliphatic heterocycles. The van der Waals surface area contributed by atoms with E-state index in [2.05, 4.69) is 62.1 Å². The Morgan fingerprint density at radius 1 is 1.14 bits per heavy atom. The predicted molar refractivity (Wildman–Crippen MR) is 114 cm³/mol. The summed E-state index contributed by atoms with van der Waals surface area (Å²) in [7, 11) is 0. The van der Waals surface area contributed by atoms with Crippen LogP contribution in [0.4, 0.5) is 5.82 Å². The van der Waals surface area contributed by atoms with Gasteiger partial charge in [-0.15, -0.1) is 0 Å². The van der Waals surface area contributed by atoms with Crippen LogP contribution in [0.25, 0.3) is 0 Å². The number of hydrogen-bond acceptors (Lipinski definition) is 6. The lowest BCUT2D eigenvalue weighted by molar-refractivity contribution is 0.122. The summed E-state index contributed by atoms with van der Waals surface area (Å²) < 4.78 is 5.42. The van der Waals surface area contributed by atoms with Crippen molar-refractivity contribution < 1.29 is 4.74 Å². The van der Waals surface area contributed by atoms with Gasteiger partial charge in [0.1, 0.15) is 5.82 Å². The van der Waals surface area contributed by atoms with Gasteiger partial charge >= 0.3 is 0 Å². The molecule has 1 saturated heterocycles. The zero-order valence-electron chi connectivity index (χ0n) is 16.2. The molecule has 1 N–H and O–H groups in total. The molecule has 0 aromatic carbocycles. The van der Waals surface area contributed by atoms with Crippen LogP contribution in [0, 0.1) is 6.92 Å². The molecule has 4 heterocycles. The number of morpholine rings is 1. The molecule has 1 aliphatic rings. The van der Waals surface area contributed by atoms with E-state index in [1.807, 2.05) is 18.5 Å². The van der Waals surface area contributed by atoms with Gasteiger partial charge < -0.3 is 15.0 Å². The van der Waals surface area contributed by atoms with Gasteiger partial charge in [0.05, 0.1) is 24.9 Å². The van der Waals surface area contributed by atoms with Gasteiger partial charge in [-0.05, 0) is 59.0 Å². The minimum atomic E-state index is 0.176. The molecule has 1 fully saturated rings. The van der Waals surface area contributed by atoms with Gasteiger partial charge in [-0.3, -0.25) is 4.98 Å². The highest BCUT2D eigenvalue weighted by atomic mass is 32.1. The van der Waals surface area contributed by atoms with Gasteiger partial charge in [0.25, 0.3) is 0 Å². The number of pyridine rings is 2. The van der Waals surface area contributed by atoms with Crippen molar-refractivity contribution in [2.45, 2.75) is 25.9 Å². The molecular weight excluding hydrogens is 368 g/mol. The quantitative estimate of drug-likeness (QED) is 0.661. The van der Waals surface area contributed by atoms with Crippen molar-refractivity contribution in [3.8, 4) is 0 Å². The summed E-state index contributed by atoms with van der Waals surface area (Å²) in [5.74, 6) is 1.03. The molecule has 5 nitrogen and oxygen atoms in total. The summed E-state index contributed by atoms with van der Waals surface area (Å²) in [6.07, 6.45) is 4.79. The van der Waals surface area contributed by atoms with Crippen LogP contribution in [-0.4, -0.2) is 36.3 Å². The molecule has 3 aromatic heterocycles. The maximum absolute atomic E-state index is 5.42. The van der Waals surface area contributed by atoms with Crippen molar-refractivity contribution in [2.75, 3.05) is 31.2 Å². The minimum Gasteiger partial charge on any atom is -0.378 e. The Balaban J connectivity index is 1.44. The predicted octanol–water partition coefficient (Wildman–Crippen LogP) is 3.76. The van der Waals surface area contributed by atoms with Gasteiger partial charge in [-0.1, -0.05) is 12.1 Å². The van der Waals surface area contributed by atoms with Crippen molar-refractivity contribution in [1.29, 1.82) is 0 Å². The van der Waals surface area contributed by atoms with Crippen LogP contribution in [-0.2, 0) is 17.7 Å². The number of hydrogen-bond donors (Lipinski definition) is 1. The Hall–Kier alpha value is -2.28. The van der Waals surface area contributed by atoms with Crippen molar-refractivity contribution in [3.05, 3.63) is 75.9 Å². The van der Waals surface area contributed by atoms with Crippen LogP contribution in [0.3, 0.4) is 0 Å². The SMILES string of the molecule is Cc1cccnc1[C@@H](Cc1ccsc1)NCc1ccc(N2CCOCC2)nc1. The van der Waals surface area contributed by atoms with Crippen LogP contribution in [0.2, 0.25) is 0 Å². The van der Waals surface area contributed by atoms with E-state index >= 15 is 0 Å². The summed E-state index contributed by atoms with van der Waals surface area (Å²) in [6, 6.07) is 10.8. The molecule has 0 unspecified atom stereocenters. The average Bonchev–Trinajstić information content (AvgIpc) is 3.26. The second-order valence-corrected chi connectivity index (χ2v) is 7.88. The summed E-state index contributed by atoms with van der Waals surface area (Å²) >= 11 is 1.74. The van der Waals surface area contributed by atoms with E-state index in [0.29, 0.717) is 0 Å². The first-order valence-corrected chi connectivity index (χ1v) is 10.7. The van der Waals surface area contributed by atoms with Gasteiger partial charge in [0.2, 0.25) is 0 Å². The zero-order chi connectivity index (χ0) is 19.2. The Bertz CT molecular complexity index is 861. The molecule has 0 spiro atoms. The Labute approximate surface area is 170 Å². The molecule has 0 saturated carbocycles. The topological polar surface area (TPSA) is 50.3 Å². The van der Waals surface area contributed by atoms with Crippen molar-refractivity contribution in [3.63, 3.8) is 0 Å². The lowest BCUT2D eigenvalue weighted by atomic mass is 10.0. The van der Waals surface area contributed by atoms with Gasteiger partial charge in [0, 0.05) is 32.0 Å². The molecule has 28 heavy (non-hydrogen) atoms. The van der Waals surface area contributed by atoms with Gasteiger partial charge in [-0.2, -0.15) is 11.3 Å². The number of anilines is 1. The van der Waals surface area contributed by atoms with E-state index < -0.39 is 0 Å². The third-order valence-corrected chi connectivity index (χ3v) is 5.83. The monoisotopic (exact) mass is 394 g/mol. The van der Waals surface area contributed by atoms with E-state index in [1.165, 1.54) is 16.7 Å². The highest BCUT2D eigenvalue weighted by Crippen LogP contribution is 2.22. The fourth-order valence-corrected chi connectivity index (χ4v) is 4.20.